The van der Waals surface area contributed by atoms with Gasteiger partial charge in [-0.2, -0.15) is 5.26 Å². The number of benzene rings is 1. The van der Waals surface area contributed by atoms with E-state index in [2.05, 4.69) is 11.4 Å². The highest BCUT2D eigenvalue weighted by Gasteiger charge is 2.17. The van der Waals surface area contributed by atoms with Crippen molar-refractivity contribution >= 4 is 17.5 Å². The first-order valence-corrected chi connectivity index (χ1v) is 6.53. The molecule has 0 fully saturated rings. The van der Waals surface area contributed by atoms with Crippen LogP contribution in [0.3, 0.4) is 0 Å². The Hall–Kier alpha value is -2.74. The summed E-state index contributed by atoms with van der Waals surface area (Å²) < 4.78 is 5.43. The van der Waals surface area contributed by atoms with E-state index in [4.69, 9.17) is 9.68 Å². The Balaban J connectivity index is 2.22. The third-order valence-corrected chi connectivity index (χ3v) is 3.37. The molecule has 21 heavy (non-hydrogen) atoms. The van der Waals surface area contributed by atoms with Crippen molar-refractivity contribution in [3.8, 4) is 6.07 Å². The van der Waals surface area contributed by atoms with Gasteiger partial charge in [0.25, 0.3) is 5.91 Å². The molecule has 2 rings (SSSR count). The van der Waals surface area contributed by atoms with Crippen LogP contribution in [0.25, 0.3) is 0 Å². The summed E-state index contributed by atoms with van der Waals surface area (Å²) in [5.41, 5.74) is 2.63. The molecule has 0 unspecified atom stereocenters. The molecule has 5 nitrogen and oxygen atoms in total. The fourth-order valence-electron chi connectivity index (χ4n) is 1.94. The van der Waals surface area contributed by atoms with Crippen molar-refractivity contribution in [1.29, 1.82) is 5.26 Å². The van der Waals surface area contributed by atoms with Crippen molar-refractivity contribution < 1.29 is 9.21 Å². The van der Waals surface area contributed by atoms with E-state index in [1.165, 1.54) is 0 Å². The van der Waals surface area contributed by atoms with Gasteiger partial charge in [0.1, 0.15) is 17.4 Å². The molecule has 1 amide bonds. The van der Waals surface area contributed by atoms with Gasteiger partial charge in [0, 0.05) is 30.9 Å². The highest BCUT2D eigenvalue weighted by molar-refractivity contribution is 6.04. The second-order valence-corrected chi connectivity index (χ2v) is 4.99. The van der Waals surface area contributed by atoms with Gasteiger partial charge in [-0.25, -0.2) is 0 Å². The van der Waals surface area contributed by atoms with Gasteiger partial charge < -0.3 is 9.32 Å². The Bertz CT molecular complexity index is 706. The summed E-state index contributed by atoms with van der Waals surface area (Å²) in [7, 11) is 3.87. The van der Waals surface area contributed by atoms with Crippen molar-refractivity contribution in [2.24, 2.45) is 0 Å². The molecule has 0 atom stereocenters. The van der Waals surface area contributed by atoms with Gasteiger partial charge in [0.05, 0.1) is 0 Å². The van der Waals surface area contributed by atoms with Gasteiger partial charge in [0.15, 0.2) is 0 Å². The summed E-state index contributed by atoms with van der Waals surface area (Å²) in [5.74, 6) is 0.532. The van der Waals surface area contributed by atoms with Gasteiger partial charge in [-0.05, 0) is 38.1 Å². The number of hydrogen-bond acceptors (Lipinski definition) is 4. The molecule has 0 radical (unpaired) electrons. The standard InChI is InChI=1S/C16H17N3O2/c1-10-11(2)21-16(14(10)9-17)18-15(20)12-5-7-13(8-6-12)19(3)4/h5-8H,1-4H3,(H,18,20). The number of furan rings is 1. The van der Waals surface area contributed by atoms with Crippen LogP contribution in [0.2, 0.25) is 0 Å². The molecule has 0 aliphatic rings. The largest absolute Gasteiger partial charge is 0.444 e. The van der Waals surface area contributed by atoms with Crippen molar-refractivity contribution in [1.82, 2.24) is 0 Å². The normalized spacial score (nSPS) is 10.0. The maximum Gasteiger partial charge on any atom is 0.258 e. The molecule has 0 saturated heterocycles. The minimum atomic E-state index is -0.300. The number of aryl methyl sites for hydroxylation is 1. The van der Waals surface area contributed by atoms with Crippen LogP contribution in [0.15, 0.2) is 28.7 Å². The second-order valence-electron chi connectivity index (χ2n) is 4.99. The molecular formula is C16H17N3O2. The number of nitrogens with zero attached hydrogens (tertiary/aromatic N) is 2. The smallest absolute Gasteiger partial charge is 0.258 e. The maximum absolute atomic E-state index is 12.2. The second kappa shape index (κ2) is 5.71. The fourth-order valence-corrected chi connectivity index (χ4v) is 1.94. The van der Waals surface area contributed by atoms with E-state index in [1.807, 2.05) is 31.1 Å². The quantitative estimate of drug-likeness (QED) is 0.939. The zero-order valence-corrected chi connectivity index (χ0v) is 12.5. The molecule has 0 aliphatic carbocycles. The lowest BCUT2D eigenvalue weighted by Crippen LogP contribution is -2.13. The van der Waals surface area contributed by atoms with Crippen molar-refractivity contribution in [2.75, 3.05) is 24.3 Å². The summed E-state index contributed by atoms with van der Waals surface area (Å²) >= 11 is 0. The first-order valence-electron chi connectivity index (χ1n) is 6.53. The van der Waals surface area contributed by atoms with Crippen LogP contribution in [0.4, 0.5) is 11.6 Å². The topological polar surface area (TPSA) is 69.3 Å². The van der Waals surface area contributed by atoms with E-state index in [0.717, 1.165) is 11.3 Å². The van der Waals surface area contributed by atoms with E-state index in [0.29, 0.717) is 16.9 Å². The predicted molar refractivity (Wildman–Crippen MR) is 81.6 cm³/mol. The Morgan fingerprint density at radius 1 is 1.24 bits per heavy atom. The van der Waals surface area contributed by atoms with E-state index >= 15 is 0 Å². The van der Waals surface area contributed by atoms with Gasteiger partial charge in [0.2, 0.25) is 5.88 Å². The molecule has 0 saturated carbocycles. The molecule has 1 aromatic carbocycles. The predicted octanol–water partition coefficient (Wildman–Crippen LogP) is 3.09. The van der Waals surface area contributed by atoms with Crippen molar-refractivity contribution in [3.05, 3.63) is 46.7 Å². The van der Waals surface area contributed by atoms with E-state index in [9.17, 15) is 4.79 Å². The summed E-state index contributed by atoms with van der Waals surface area (Å²) in [4.78, 5) is 14.1. The summed E-state index contributed by atoms with van der Waals surface area (Å²) in [6.07, 6.45) is 0. The summed E-state index contributed by atoms with van der Waals surface area (Å²) in [6, 6.07) is 9.24. The molecule has 1 aromatic heterocycles. The zero-order chi connectivity index (χ0) is 15.6. The summed E-state index contributed by atoms with van der Waals surface area (Å²) in [6.45, 7) is 3.55. The van der Waals surface area contributed by atoms with E-state index in [-0.39, 0.29) is 11.8 Å². The monoisotopic (exact) mass is 283 g/mol. The van der Waals surface area contributed by atoms with Crippen LogP contribution >= 0.6 is 0 Å². The molecule has 108 valence electrons. The number of anilines is 2. The van der Waals surface area contributed by atoms with Crippen LogP contribution < -0.4 is 10.2 Å². The van der Waals surface area contributed by atoms with Gasteiger partial charge in [-0.3, -0.25) is 10.1 Å². The lowest BCUT2D eigenvalue weighted by Gasteiger charge is -2.12. The van der Waals surface area contributed by atoms with Crippen LogP contribution in [0.1, 0.15) is 27.2 Å². The molecule has 1 N–H and O–H groups in total. The number of rotatable bonds is 3. The number of nitrogens with one attached hydrogen (secondary N) is 1. The van der Waals surface area contributed by atoms with Gasteiger partial charge in [-0.15, -0.1) is 0 Å². The van der Waals surface area contributed by atoms with Crippen LogP contribution in [-0.2, 0) is 0 Å². The number of amides is 1. The lowest BCUT2D eigenvalue weighted by molar-refractivity contribution is 0.102. The first kappa shape index (κ1) is 14.7. The lowest BCUT2D eigenvalue weighted by atomic mass is 10.1. The Morgan fingerprint density at radius 2 is 1.86 bits per heavy atom. The first-order chi connectivity index (χ1) is 9.93. The number of carbonyl (C=O) groups excluding carboxylic acids is 1. The number of nitriles is 1. The fraction of sp³-hybridized carbons (Fsp3) is 0.250. The third-order valence-electron chi connectivity index (χ3n) is 3.37. The molecule has 0 bridgehead atoms. The third kappa shape index (κ3) is 2.90. The van der Waals surface area contributed by atoms with E-state index in [1.54, 1.807) is 26.0 Å². The number of carbonyl (C=O) groups is 1. The molecule has 0 aliphatic heterocycles. The SMILES string of the molecule is Cc1oc(NC(=O)c2ccc(N(C)C)cc2)c(C#N)c1C. The van der Waals surface area contributed by atoms with Gasteiger partial charge >= 0.3 is 0 Å². The Kier molecular flexibility index (Phi) is 3.99. The maximum atomic E-state index is 12.2. The molecule has 2 aromatic rings. The van der Waals surface area contributed by atoms with Crippen LogP contribution in [0, 0.1) is 25.2 Å². The van der Waals surface area contributed by atoms with Gasteiger partial charge in [-0.1, -0.05) is 0 Å². The van der Waals surface area contributed by atoms with Crippen molar-refractivity contribution in [2.45, 2.75) is 13.8 Å². The Morgan fingerprint density at radius 3 is 2.38 bits per heavy atom. The summed E-state index contributed by atoms with van der Waals surface area (Å²) in [5, 5.41) is 11.8. The van der Waals surface area contributed by atoms with Crippen LogP contribution in [-0.4, -0.2) is 20.0 Å². The molecule has 1 heterocycles. The van der Waals surface area contributed by atoms with E-state index < -0.39 is 0 Å². The molecular weight excluding hydrogens is 266 g/mol. The highest BCUT2D eigenvalue weighted by Crippen LogP contribution is 2.26. The zero-order valence-electron chi connectivity index (χ0n) is 12.5. The molecule has 5 heteroatoms. The average Bonchev–Trinajstić information content (AvgIpc) is 2.73. The molecule has 0 spiro atoms. The van der Waals surface area contributed by atoms with Crippen LogP contribution in [0.5, 0.6) is 0 Å². The minimum absolute atomic E-state index is 0.203. The highest BCUT2D eigenvalue weighted by atomic mass is 16.4. The average molecular weight is 283 g/mol. The van der Waals surface area contributed by atoms with Crippen molar-refractivity contribution in [3.63, 3.8) is 0 Å². The number of hydrogen-bond donors (Lipinski definition) is 1. The minimum Gasteiger partial charge on any atom is -0.444 e. The Labute approximate surface area is 123 Å².